The highest BCUT2D eigenvalue weighted by Gasteiger charge is 2.33. The Morgan fingerprint density at radius 1 is 1.26 bits per heavy atom. The molecule has 2 aromatic heterocycles. The van der Waals surface area contributed by atoms with Crippen LogP contribution in [0.5, 0.6) is 0 Å². The molecule has 0 amide bonds. The number of nitrogens with zero attached hydrogens (tertiary/aromatic N) is 2. The van der Waals surface area contributed by atoms with Crippen molar-refractivity contribution in [1.82, 2.24) is 10.1 Å². The van der Waals surface area contributed by atoms with E-state index in [-0.39, 0.29) is 23.1 Å². The first-order valence-corrected chi connectivity index (χ1v) is 7.71. The van der Waals surface area contributed by atoms with Crippen LogP contribution in [0.2, 0.25) is 5.02 Å². The molecule has 1 N–H and O–H groups in total. The Kier molecular flexibility index (Phi) is 4.27. The summed E-state index contributed by atoms with van der Waals surface area (Å²) in [7, 11) is 0. The van der Waals surface area contributed by atoms with Crippen molar-refractivity contribution in [2.45, 2.75) is 12.7 Å². The summed E-state index contributed by atoms with van der Waals surface area (Å²) >= 11 is 7.07. The van der Waals surface area contributed by atoms with Crippen LogP contribution in [0.25, 0.3) is 11.4 Å². The fourth-order valence-corrected chi connectivity index (χ4v) is 2.72. The summed E-state index contributed by atoms with van der Waals surface area (Å²) in [6.45, 7) is 0.107. The summed E-state index contributed by atoms with van der Waals surface area (Å²) < 4.78 is 43.5. The number of anilines is 1. The molecule has 0 aliphatic heterocycles. The summed E-state index contributed by atoms with van der Waals surface area (Å²) in [5.41, 5.74) is 0.196. The topological polar surface area (TPSA) is 51.0 Å². The van der Waals surface area contributed by atoms with E-state index in [9.17, 15) is 13.2 Å². The van der Waals surface area contributed by atoms with Gasteiger partial charge in [0, 0.05) is 16.6 Å². The van der Waals surface area contributed by atoms with Crippen LogP contribution in [0.4, 0.5) is 18.9 Å². The van der Waals surface area contributed by atoms with Gasteiger partial charge in [-0.3, -0.25) is 0 Å². The Labute approximate surface area is 137 Å². The van der Waals surface area contributed by atoms with Gasteiger partial charge in [-0.25, -0.2) is 0 Å². The van der Waals surface area contributed by atoms with Crippen LogP contribution in [0, 0.1) is 0 Å². The van der Waals surface area contributed by atoms with Gasteiger partial charge in [0.05, 0.1) is 17.1 Å². The maximum Gasteiger partial charge on any atom is 0.417 e. The van der Waals surface area contributed by atoms with E-state index in [1.165, 1.54) is 23.5 Å². The molecule has 0 saturated carbocycles. The lowest BCUT2D eigenvalue weighted by molar-refractivity contribution is -0.137. The van der Waals surface area contributed by atoms with Crippen molar-refractivity contribution >= 4 is 28.6 Å². The van der Waals surface area contributed by atoms with E-state index in [4.69, 9.17) is 16.1 Å². The van der Waals surface area contributed by atoms with E-state index < -0.39 is 11.7 Å². The highest BCUT2D eigenvalue weighted by molar-refractivity contribution is 7.08. The monoisotopic (exact) mass is 359 g/mol. The summed E-state index contributed by atoms with van der Waals surface area (Å²) in [6, 6.07) is 5.44. The molecule has 0 saturated heterocycles. The zero-order valence-electron chi connectivity index (χ0n) is 11.4. The van der Waals surface area contributed by atoms with Crippen molar-refractivity contribution in [2.75, 3.05) is 5.32 Å². The lowest BCUT2D eigenvalue weighted by Crippen LogP contribution is -2.07. The second-order valence-corrected chi connectivity index (χ2v) is 5.76. The minimum absolute atomic E-state index is 0.107. The average molecular weight is 360 g/mol. The number of rotatable bonds is 4. The summed E-state index contributed by atoms with van der Waals surface area (Å²) in [5.74, 6) is 0.713. The van der Waals surface area contributed by atoms with Gasteiger partial charge < -0.3 is 9.84 Å². The number of thiophene rings is 1. The number of benzene rings is 1. The van der Waals surface area contributed by atoms with Gasteiger partial charge >= 0.3 is 6.18 Å². The molecular weight excluding hydrogens is 351 g/mol. The molecule has 3 rings (SSSR count). The first-order valence-electron chi connectivity index (χ1n) is 6.39. The van der Waals surface area contributed by atoms with Gasteiger partial charge in [-0.05, 0) is 29.6 Å². The number of alkyl halides is 3. The third kappa shape index (κ3) is 3.65. The van der Waals surface area contributed by atoms with Gasteiger partial charge in [0.25, 0.3) is 0 Å². The zero-order valence-corrected chi connectivity index (χ0v) is 13.0. The van der Waals surface area contributed by atoms with Crippen molar-refractivity contribution in [3.05, 3.63) is 51.5 Å². The molecule has 3 aromatic rings. The third-order valence-electron chi connectivity index (χ3n) is 2.96. The van der Waals surface area contributed by atoms with E-state index in [2.05, 4.69) is 15.5 Å². The molecule has 2 heterocycles. The molecule has 1 aromatic carbocycles. The minimum Gasteiger partial charge on any atom is -0.376 e. The molecule has 0 spiro atoms. The van der Waals surface area contributed by atoms with Crippen LogP contribution >= 0.6 is 22.9 Å². The number of nitrogens with one attached hydrogen (secondary N) is 1. The predicted molar refractivity (Wildman–Crippen MR) is 81.4 cm³/mol. The summed E-state index contributed by atoms with van der Waals surface area (Å²) in [5, 5.41) is 10.0. The molecule has 0 bridgehead atoms. The van der Waals surface area contributed by atoms with Crippen LogP contribution in [0.1, 0.15) is 11.5 Å². The highest BCUT2D eigenvalue weighted by Crippen LogP contribution is 2.36. The number of hydrogen-bond acceptors (Lipinski definition) is 5. The van der Waals surface area contributed by atoms with E-state index in [1.54, 1.807) is 0 Å². The van der Waals surface area contributed by atoms with E-state index in [0.717, 1.165) is 11.6 Å². The smallest absolute Gasteiger partial charge is 0.376 e. The number of halogens is 4. The van der Waals surface area contributed by atoms with Gasteiger partial charge in [0.15, 0.2) is 0 Å². The standard InChI is InChI=1S/C14H9ClF3N3OS/c15-11-2-1-9(5-10(11)14(16,17)18)19-6-12-20-13(21-22-12)8-3-4-23-7-8/h1-5,7,19H,6H2. The zero-order chi connectivity index (χ0) is 16.4. The largest absolute Gasteiger partial charge is 0.417 e. The Morgan fingerprint density at radius 3 is 2.78 bits per heavy atom. The average Bonchev–Trinajstić information content (AvgIpc) is 3.16. The van der Waals surface area contributed by atoms with Crippen LogP contribution in [0.15, 0.2) is 39.5 Å². The first kappa shape index (κ1) is 15.8. The van der Waals surface area contributed by atoms with Gasteiger partial charge in [-0.1, -0.05) is 16.8 Å². The fraction of sp³-hybridized carbons (Fsp3) is 0.143. The molecule has 0 unspecified atom stereocenters. The van der Waals surface area contributed by atoms with Crippen molar-refractivity contribution in [2.24, 2.45) is 0 Å². The fourth-order valence-electron chi connectivity index (χ4n) is 1.87. The van der Waals surface area contributed by atoms with E-state index in [0.29, 0.717) is 5.82 Å². The van der Waals surface area contributed by atoms with Crippen LogP contribution in [-0.2, 0) is 12.7 Å². The molecule has 0 aliphatic carbocycles. The molecule has 0 aliphatic rings. The maximum absolute atomic E-state index is 12.8. The SMILES string of the molecule is FC(F)(F)c1cc(NCc2nc(-c3ccsc3)no2)ccc1Cl. The Morgan fingerprint density at radius 2 is 2.09 bits per heavy atom. The summed E-state index contributed by atoms with van der Waals surface area (Å²) in [6.07, 6.45) is -4.51. The van der Waals surface area contributed by atoms with Gasteiger partial charge in [-0.2, -0.15) is 29.5 Å². The first-order chi connectivity index (χ1) is 10.9. The highest BCUT2D eigenvalue weighted by atomic mass is 35.5. The van der Waals surface area contributed by atoms with Crippen LogP contribution in [-0.4, -0.2) is 10.1 Å². The molecule has 0 atom stereocenters. The Hall–Kier alpha value is -2.06. The van der Waals surface area contributed by atoms with Crippen LogP contribution in [0.3, 0.4) is 0 Å². The number of aromatic nitrogens is 2. The van der Waals surface area contributed by atoms with Crippen LogP contribution < -0.4 is 5.32 Å². The summed E-state index contributed by atoms with van der Waals surface area (Å²) in [4.78, 5) is 4.17. The van der Waals surface area contributed by atoms with E-state index >= 15 is 0 Å². The van der Waals surface area contributed by atoms with Crippen molar-refractivity contribution in [1.29, 1.82) is 0 Å². The predicted octanol–water partition coefficient (Wildman–Crippen LogP) is 5.08. The minimum atomic E-state index is -4.51. The van der Waals surface area contributed by atoms with Crippen molar-refractivity contribution in [3.8, 4) is 11.4 Å². The maximum atomic E-state index is 12.8. The molecular formula is C14H9ClF3N3OS. The molecule has 4 nitrogen and oxygen atoms in total. The third-order valence-corrected chi connectivity index (χ3v) is 3.98. The van der Waals surface area contributed by atoms with Gasteiger partial charge in [0.1, 0.15) is 0 Å². The second kappa shape index (κ2) is 6.21. The number of hydrogen-bond donors (Lipinski definition) is 1. The van der Waals surface area contributed by atoms with E-state index in [1.807, 2.05) is 16.8 Å². The lowest BCUT2D eigenvalue weighted by Gasteiger charge is -2.11. The molecule has 0 fully saturated rings. The quantitative estimate of drug-likeness (QED) is 0.705. The van der Waals surface area contributed by atoms with Gasteiger partial charge in [-0.15, -0.1) is 0 Å². The second-order valence-electron chi connectivity index (χ2n) is 4.57. The molecule has 0 radical (unpaired) electrons. The van der Waals surface area contributed by atoms with Crippen molar-refractivity contribution in [3.63, 3.8) is 0 Å². The molecule has 23 heavy (non-hydrogen) atoms. The van der Waals surface area contributed by atoms with Crippen molar-refractivity contribution < 1.29 is 17.7 Å². The molecule has 120 valence electrons. The van der Waals surface area contributed by atoms with Gasteiger partial charge in [0.2, 0.25) is 11.7 Å². The Balaban J connectivity index is 1.72. The molecule has 9 heteroatoms. The lowest BCUT2D eigenvalue weighted by atomic mass is 10.2. The Bertz CT molecular complexity index is 802. The normalized spacial score (nSPS) is 11.7.